The molecule has 0 unspecified atom stereocenters. The molecule has 0 saturated carbocycles. The number of hydrogen-bond donors (Lipinski definition) is 1. The van der Waals surface area contributed by atoms with Crippen molar-refractivity contribution in [1.82, 2.24) is 9.80 Å². The van der Waals surface area contributed by atoms with Gasteiger partial charge in [-0.3, -0.25) is 9.69 Å². The second-order valence-corrected chi connectivity index (χ2v) is 8.40. The Morgan fingerprint density at radius 2 is 2.24 bits per heavy atom. The zero-order valence-electron chi connectivity index (χ0n) is 17.3. The number of benzene rings is 1. The van der Waals surface area contributed by atoms with Crippen molar-refractivity contribution in [3.8, 4) is 11.5 Å². The first-order valence-corrected chi connectivity index (χ1v) is 10.8. The van der Waals surface area contributed by atoms with Crippen LogP contribution in [0.5, 0.6) is 11.5 Å². The monoisotopic (exact) mass is 404 g/mol. The van der Waals surface area contributed by atoms with Crippen LogP contribution in [0.1, 0.15) is 38.2 Å². The van der Waals surface area contributed by atoms with Crippen molar-refractivity contribution in [2.24, 2.45) is 0 Å². The highest BCUT2D eigenvalue weighted by Gasteiger charge is 2.44. The quantitative estimate of drug-likeness (QED) is 0.784. The van der Waals surface area contributed by atoms with Crippen LogP contribution in [0.2, 0.25) is 0 Å². The van der Waals surface area contributed by atoms with Gasteiger partial charge < -0.3 is 24.2 Å². The summed E-state index contributed by atoms with van der Waals surface area (Å²) in [6.45, 7) is 7.67. The summed E-state index contributed by atoms with van der Waals surface area (Å²) in [6, 6.07) is 5.54. The molecule has 2 atom stereocenters. The van der Waals surface area contributed by atoms with E-state index in [1.165, 1.54) is 0 Å². The van der Waals surface area contributed by atoms with E-state index in [-0.39, 0.29) is 23.4 Å². The molecule has 29 heavy (non-hydrogen) atoms. The third-order valence-electron chi connectivity index (χ3n) is 6.09. The topological polar surface area (TPSA) is 71.5 Å². The molecule has 0 aliphatic carbocycles. The highest BCUT2D eigenvalue weighted by molar-refractivity contribution is 5.78. The van der Waals surface area contributed by atoms with Gasteiger partial charge in [0.25, 0.3) is 0 Å². The molecule has 3 aliphatic heterocycles. The summed E-state index contributed by atoms with van der Waals surface area (Å²) < 4.78 is 17.9. The number of hydrogen-bond acceptors (Lipinski definition) is 6. The van der Waals surface area contributed by atoms with Gasteiger partial charge in [-0.05, 0) is 43.9 Å². The Bertz CT molecular complexity index is 727. The summed E-state index contributed by atoms with van der Waals surface area (Å²) in [5, 5.41) is 9.94. The average molecular weight is 405 g/mol. The van der Waals surface area contributed by atoms with Gasteiger partial charge in [0.05, 0.1) is 25.9 Å². The highest BCUT2D eigenvalue weighted by Crippen LogP contribution is 2.35. The zero-order chi connectivity index (χ0) is 20.3. The van der Waals surface area contributed by atoms with Crippen LogP contribution in [-0.4, -0.2) is 78.5 Å². The lowest BCUT2D eigenvalue weighted by Gasteiger charge is -2.32. The number of aromatic hydroxyl groups is 1. The molecule has 0 radical (unpaired) electrons. The summed E-state index contributed by atoms with van der Waals surface area (Å²) in [5.41, 5.74) is 0.796. The standard InChI is InChI=1S/C22H32N2O5/c1-2-28-20-12-17(5-6-19(20)25)13-23-10-11-27-16-22(15-23)8-7-18(29-22)14-24-9-3-4-21(24)26/h5-6,12,18,25H,2-4,7-11,13-16H2,1H3/t18-,22+/m1/s1. The van der Waals surface area contributed by atoms with E-state index < -0.39 is 0 Å². The van der Waals surface area contributed by atoms with Crippen molar-refractivity contribution in [2.75, 3.05) is 46.0 Å². The molecule has 3 aliphatic rings. The van der Waals surface area contributed by atoms with E-state index in [0.717, 1.165) is 51.0 Å². The zero-order valence-corrected chi connectivity index (χ0v) is 17.3. The van der Waals surface area contributed by atoms with E-state index in [1.54, 1.807) is 6.07 Å². The minimum atomic E-state index is -0.302. The fourth-order valence-electron chi connectivity index (χ4n) is 4.69. The number of ether oxygens (including phenoxy) is 3. The van der Waals surface area contributed by atoms with Crippen LogP contribution in [0.15, 0.2) is 18.2 Å². The summed E-state index contributed by atoms with van der Waals surface area (Å²) in [5.74, 6) is 0.952. The van der Waals surface area contributed by atoms with Crippen LogP contribution < -0.4 is 4.74 Å². The molecule has 1 amide bonds. The van der Waals surface area contributed by atoms with Gasteiger partial charge >= 0.3 is 0 Å². The fraction of sp³-hybridized carbons (Fsp3) is 0.682. The Morgan fingerprint density at radius 3 is 3.03 bits per heavy atom. The number of phenolic OH excluding ortho intramolecular Hbond substituents is 1. The number of carbonyl (C=O) groups excluding carboxylic acids is 1. The molecule has 1 N–H and O–H groups in total. The molecule has 1 aromatic rings. The molecule has 0 bridgehead atoms. The SMILES string of the molecule is CCOc1cc(CN2CCOC[C@]3(CC[C@H](CN4CCCC4=O)O3)C2)ccc1O. The van der Waals surface area contributed by atoms with Crippen LogP contribution in [-0.2, 0) is 20.8 Å². The molecule has 0 aromatic heterocycles. The maximum Gasteiger partial charge on any atom is 0.222 e. The number of carbonyl (C=O) groups is 1. The first-order valence-electron chi connectivity index (χ1n) is 10.8. The van der Waals surface area contributed by atoms with Gasteiger partial charge in [0.2, 0.25) is 5.91 Å². The maximum atomic E-state index is 11.9. The Morgan fingerprint density at radius 1 is 1.34 bits per heavy atom. The number of phenols is 1. The second kappa shape index (κ2) is 8.90. The van der Waals surface area contributed by atoms with Gasteiger partial charge in [0.15, 0.2) is 11.5 Å². The third kappa shape index (κ3) is 4.85. The van der Waals surface area contributed by atoms with Crippen molar-refractivity contribution >= 4 is 5.91 Å². The molecule has 7 nitrogen and oxygen atoms in total. The molecular weight excluding hydrogens is 372 g/mol. The van der Waals surface area contributed by atoms with E-state index in [2.05, 4.69) is 4.90 Å². The smallest absolute Gasteiger partial charge is 0.222 e. The van der Waals surface area contributed by atoms with Crippen molar-refractivity contribution < 1.29 is 24.1 Å². The normalized spacial score (nSPS) is 28.2. The number of nitrogens with zero attached hydrogens (tertiary/aromatic N) is 2. The lowest BCUT2D eigenvalue weighted by atomic mass is 9.99. The minimum Gasteiger partial charge on any atom is -0.504 e. The van der Waals surface area contributed by atoms with Gasteiger partial charge in [0.1, 0.15) is 5.60 Å². The molecule has 160 valence electrons. The Hall–Kier alpha value is -1.83. The number of rotatable bonds is 6. The first kappa shape index (κ1) is 20.4. The molecule has 7 heteroatoms. The summed E-state index contributed by atoms with van der Waals surface area (Å²) in [4.78, 5) is 16.3. The van der Waals surface area contributed by atoms with E-state index in [0.29, 0.717) is 38.5 Å². The number of likely N-dealkylation sites (tertiary alicyclic amines) is 1. The lowest BCUT2D eigenvalue weighted by Crippen LogP contribution is -2.45. The molecule has 3 heterocycles. The van der Waals surface area contributed by atoms with Gasteiger partial charge in [-0.15, -0.1) is 0 Å². The Labute approximate surface area is 172 Å². The van der Waals surface area contributed by atoms with E-state index >= 15 is 0 Å². The van der Waals surface area contributed by atoms with Crippen LogP contribution in [0, 0.1) is 0 Å². The van der Waals surface area contributed by atoms with Crippen LogP contribution in [0.25, 0.3) is 0 Å². The van der Waals surface area contributed by atoms with E-state index in [9.17, 15) is 9.90 Å². The minimum absolute atomic E-state index is 0.0961. The molecular formula is C22H32N2O5. The van der Waals surface area contributed by atoms with Gasteiger partial charge in [-0.2, -0.15) is 0 Å². The number of amides is 1. The van der Waals surface area contributed by atoms with Crippen LogP contribution in [0.4, 0.5) is 0 Å². The van der Waals surface area contributed by atoms with E-state index in [4.69, 9.17) is 14.2 Å². The predicted molar refractivity (Wildman–Crippen MR) is 108 cm³/mol. The summed E-state index contributed by atoms with van der Waals surface area (Å²) in [6.07, 6.45) is 3.65. The molecule has 3 fully saturated rings. The third-order valence-corrected chi connectivity index (χ3v) is 6.09. The predicted octanol–water partition coefficient (Wildman–Crippen LogP) is 2.16. The van der Waals surface area contributed by atoms with Crippen LogP contribution in [0.3, 0.4) is 0 Å². The Balaban J connectivity index is 1.39. The van der Waals surface area contributed by atoms with Gasteiger partial charge in [0, 0.05) is 39.1 Å². The van der Waals surface area contributed by atoms with E-state index in [1.807, 2.05) is 24.0 Å². The van der Waals surface area contributed by atoms with Crippen molar-refractivity contribution in [3.63, 3.8) is 0 Å². The molecule has 1 aromatic carbocycles. The lowest BCUT2D eigenvalue weighted by molar-refractivity contribution is -0.132. The van der Waals surface area contributed by atoms with Crippen molar-refractivity contribution in [3.05, 3.63) is 23.8 Å². The highest BCUT2D eigenvalue weighted by atomic mass is 16.6. The largest absolute Gasteiger partial charge is 0.504 e. The van der Waals surface area contributed by atoms with Gasteiger partial charge in [-0.25, -0.2) is 0 Å². The van der Waals surface area contributed by atoms with Crippen molar-refractivity contribution in [2.45, 2.75) is 50.9 Å². The molecule has 3 saturated heterocycles. The summed E-state index contributed by atoms with van der Waals surface area (Å²) >= 11 is 0. The first-order chi connectivity index (χ1) is 14.1. The molecule has 4 rings (SSSR count). The Kier molecular flexibility index (Phi) is 6.27. The summed E-state index contributed by atoms with van der Waals surface area (Å²) in [7, 11) is 0. The van der Waals surface area contributed by atoms with Gasteiger partial charge in [-0.1, -0.05) is 6.07 Å². The van der Waals surface area contributed by atoms with Crippen molar-refractivity contribution in [1.29, 1.82) is 0 Å². The maximum absolute atomic E-state index is 11.9. The fourth-order valence-corrected chi connectivity index (χ4v) is 4.69. The molecule has 1 spiro atoms. The average Bonchev–Trinajstić information content (AvgIpc) is 3.22. The van der Waals surface area contributed by atoms with Crippen LogP contribution >= 0.6 is 0 Å². The second-order valence-electron chi connectivity index (χ2n) is 8.40.